The second kappa shape index (κ2) is 6.79. The van der Waals surface area contributed by atoms with Crippen LogP contribution in [0.1, 0.15) is 35.1 Å². The maximum atomic E-state index is 14.4. The van der Waals surface area contributed by atoms with Crippen LogP contribution in [0.5, 0.6) is 0 Å². The summed E-state index contributed by atoms with van der Waals surface area (Å²) in [5.74, 6) is -0.0163. The molecule has 0 bridgehead atoms. The van der Waals surface area contributed by atoms with E-state index in [9.17, 15) is 9.18 Å². The van der Waals surface area contributed by atoms with Gasteiger partial charge in [-0.1, -0.05) is 11.8 Å². The molecule has 2 aromatic rings. The van der Waals surface area contributed by atoms with E-state index in [4.69, 9.17) is 5.73 Å². The van der Waals surface area contributed by atoms with Gasteiger partial charge in [0.2, 0.25) is 0 Å². The van der Waals surface area contributed by atoms with Gasteiger partial charge in [0, 0.05) is 23.2 Å². The first-order valence-corrected chi connectivity index (χ1v) is 8.74. The van der Waals surface area contributed by atoms with Gasteiger partial charge in [0.15, 0.2) is 5.17 Å². The van der Waals surface area contributed by atoms with E-state index in [-0.39, 0.29) is 11.5 Å². The van der Waals surface area contributed by atoms with Crippen LogP contribution in [0.25, 0.3) is 0 Å². The predicted octanol–water partition coefficient (Wildman–Crippen LogP) is 2.84. The van der Waals surface area contributed by atoms with Gasteiger partial charge in [0.1, 0.15) is 11.5 Å². The van der Waals surface area contributed by atoms with Crippen LogP contribution < -0.4 is 11.1 Å². The molecule has 1 aliphatic rings. The monoisotopic (exact) mass is 359 g/mol. The molecule has 0 unspecified atom stereocenters. The number of aromatic nitrogens is 2. The Kier molecular flexibility index (Phi) is 4.71. The third-order valence-corrected chi connectivity index (χ3v) is 4.81. The fraction of sp³-hybridized carbons (Fsp3) is 0.294. The first-order valence-electron chi connectivity index (χ1n) is 7.75. The molecule has 0 spiro atoms. The van der Waals surface area contributed by atoms with Crippen molar-refractivity contribution in [2.75, 3.05) is 11.1 Å². The number of amides is 1. The van der Waals surface area contributed by atoms with Crippen molar-refractivity contribution in [3.8, 4) is 0 Å². The molecule has 2 heterocycles. The van der Waals surface area contributed by atoms with E-state index in [1.807, 2.05) is 6.92 Å². The average Bonchev–Trinajstić information content (AvgIpc) is 2.57. The minimum atomic E-state index is -0.746. The van der Waals surface area contributed by atoms with Gasteiger partial charge < -0.3 is 11.1 Å². The lowest BCUT2D eigenvalue weighted by molar-refractivity contribution is 0.102. The highest BCUT2D eigenvalue weighted by Gasteiger charge is 2.32. The minimum Gasteiger partial charge on any atom is -0.379 e. The number of nitrogens with zero attached hydrogens (tertiary/aromatic N) is 3. The van der Waals surface area contributed by atoms with E-state index in [1.165, 1.54) is 36.3 Å². The Morgan fingerprint density at radius 2 is 2.16 bits per heavy atom. The average molecular weight is 359 g/mol. The highest BCUT2D eigenvalue weighted by Crippen LogP contribution is 2.37. The molecule has 1 aliphatic heterocycles. The molecular weight excluding hydrogens is 341 g/mol. The number of carbonyl (C=O) groups excluding carboxylic acids is 1. The SMILES string of the molecule is Cc1cnc(C(=O)Nc2ccc(F)c([C@@]3(C)CCSC(N)=N3)c2)cn1. The number of thioether (sulfide) groups is 1. The second-order valence-corrected chi connectivity index (χ2v) is 7.13. The van der Waals surface area contributed by atoms with Crippen LogP contribution in [-0.2, 0) is 5.54 Å². The lowest BCUT2D eigenvalue weighted by Gasteiger charge is -2.30. The third-order valence-electron chi connectivity index (χ3n) is 4.01. The predicted molar refractivity (Wildman–Crippen MR) is 97.2 cm³/mol. The quantitative estimate of drug-likeness (QED) is 0.879. The fourth-order valence-electron chi connectivity index (χ4n) is 2.60. The van der Waals surface area contributed by atoms with Gasteiger partial charge in [-0.15, -0.1) is 0 Å². The first-order chi connectivity index (χ1) is 11.9. The number of nitrogens with one attached hydrogen (secondary N) is 1. The van der Waals surface area contributed by atoms with Gasteiger partial charge in [-0.3, -0.25) is 14.8 Å². The van der Waals surface area contributed by atoms with Gasteiger partial charge in [0.25, 0.3) is 5.91 Å². The normalized spacial score (nSPS) is 20.0. The Bertz CT molecular complexity index is 839. The van der Waals surface area contributed by atoms with E-state index in [0.29, 0.717) is 22.8 Å². The molecule has 0 radical (unpaired) electrons. The van der Waals surface area contributed by atoms with Gasteiger partial charge in [-0.2, -0.15) is 0 Å². The summed E-state index contributed by atoms with van der Waals surface area (Å²) in [7, 11) is 0. The lowest BCUT2D eigenvalue weighted by Crippen LogP contribution is -2.29. The number of aliphatic imine (C=N–C) groups is 1. The molecule has 1 amide bonds. The minimum absolute atomic E-state index is 0.194. The zero-order valence-corrected chi connectivity index (χ0v) is 14.7. The van der Waals surface area contributed by atoms with Gasteiger partial charge >= 0.3 is 0 Å². The summed E-state index contributed by atoms with van der Waals surface area (Å²) < 4.78 is 14.4. The van der Waals surface area contributed by atoms with E-state index >= 15 is 0 Å². The van der Waals surface area contributed by atoms with Crippen LogP contribution in [-0.4, -0.2) is 26.8 Å². The zero-order valence-electron chi connectivity index (χ0n) is 13.9. The number of anilines is 1. The molecule has 3 N–H and O–H groups in total. The molecule has 1 atom stereocenters. The van der Waals surface area contributed by atoms with Crippen LogP contribution in [0.3, 0.4) is 0 Å². The molecule has 0 saturated heterocycles. The third kappa shape index (κ3) is 3.79. The van der Waals surface area contributed by atoms with Crippen molar-refractivity contribution < 1.29 is 9.18 Å². The highest BCUT2D eigenvalue weighted by molar-refractivity contribution is 8.13. The standard InChI is InChI=1S/C17H18FN5OS/c1-10-8-21-14(9-20-10)15(24)22-11-3-4-13(18)12(7-11)17(2)5-6-25-16(19)23-17/h3-4,7-9H,5-6H2,1-2H3,(H2,19,23)(H,22,24)/t17-/m1/s1. The molecule has 8 heteroatoms. The maximum Gasteiger partial charge on any atom is 0.275 e. The number of benzene rings is 1. The van der Waals surface area contributed by atoms with E-state index in [2.05, 4.69) is 20.3 Å². The number of nitrogens with two attached hydrogens (primary N) is 1. The molecule has 1 aromatic carbocycles. The molecule has 25 heavy (non-hydrogen) atoms. The number of aryl methyl sites for hydroxylation is 1. The highest BCUT2D eigenvalue weighted by atomic mass is 32.2. The fourth-order valence-corrected chi connectivity index (χ4v) is 3.58. The van der Waals surface area contributed by atoms with Gasteiger partial charge in [-0.05, 0) is 38.5 Å². The molecular formula is C17H18FN5OS. The summed E-state index contributed by atoms with van der Waals surface area (Å²) >= 11 is 1.45. The van der Waals surface area contributed by atoms with Crippen LogP contribution >= 0.6 is 11.8 Å². The van der Waals surface area contributed by atoms with Crippen LogP contribution in [0.4, 0.5) is 10.1 Å². The Labute approximate surface area is 149 Å². The van der Waals surface area contributed by atoms with E-state index < -0.39 is 11.4 Å². The largest absolute Gasteiger partial charge is 0.379 e. The van der Waals surface area contributed by atoms with E-state index in [0.717, 1.165) is 11.4 Å². The van der Waals surface area contributed by atoms with Crippen molar-refractivity contribution in [3.05, 3.63) is 53.4 Å². The molecule has 0 fully saturated rings. The Morgan fingerprint density at radius 3 is 2.84 bits per heavy atom. The second-order valence-electron chi connectivity index (χ2n) is 6.01. The van der Waals surface area contributed by atoms with Crippen LogP contribution in [0.15, 0.2) is 35.6 Å². The van der Waals surface area contributed by atoms with Crippen molar-refractivity contribution in [2.45, 2.75) is 25.8 Å². The van der Waals surface area contributed by atoms with Crippen molar-refractivity contribution >= 4 is 28.5 Å². The Morgan fingerprint density at radius 1 is 1.36 bits per heavy atom. The number of hydrogen-bond donors (Lipinski definition) is 2. The molecule has 130 valence electrons. The van der Waals surface area contributed by atoms with Crippen molar-refractivity contribution in [1.29, 1.82) is 0 Å². The van der Waals surface area contributed by atoms with Gasteiger partial charge in [-0.25, -0.2) is 9.37 Å². The molecule has 3 rings (SSSR count). The Hall–Kier alpha value is -2.48. The Balaban J connectivity index is 1.88. The molecule has 0 saturated carbocycles. The zero-order chi connectivity index (χ0) is 18.0. The van der Waals surface area contributed by atoms with Gasteiger partial charge in [0.05, 0.1) is 17.4 Å². The number of hydrogen-bond acceptors (Lipinski definition) is 6. The summed E-state index contributed by atoms with van der Waals surface area (Å²) in [4.78, 5) is 24.8. The first kappa shape index (κ1) is 17.3. The van der Waals surface area contributed by atoms with Crippen molar-refractivity contribution in [3.63, 3.8) is 0 Å². The summed E-state index contributed by atoms with van der Waals surface area (Å²) in [6.45, 7) is 3.63. The smallest absolute Gasteiger partial charge is 0.275 e. The van der Waals surface area contributed by atoms with Crippen molar-refractivity contribution in [1.82, 2.24) is 9.97 Å². The van der Waals surface area contributed by atoms with E-state index in [1.54, 1.807) is 13.0 Å². The lowest BCUT2D eigenvalue weighted by atomic mass is 9.89. The topological polar surface area (TPSA) is 93.3 Å². The molecule has 0 aliphatic carbocycles. The summed E-state index contributed by atoms with van der Waals surface area (Å²) in [6.07, 6.45) is 3.58. The number of amidine groups is 1. The summed E-state index contributed by atoms with van der Waals surface area (Å²) in [6, 6.07) is 4.43. The number of rotatable bonds is 3. The summed E-state index contributed by atoms with van der Waals surface area (Å²) in [5, 5.41) is 3.16. The van der Waals surface area contributed by atoms with Crippen LogP contribution in [0, 0.1) is 12.7 Å². The van der Waals surface area contributed by atoms with Crippen LogP contribution in [0.2, 0.25) is 0 Å². The molecule has 6 nitrogen and oxygen atoms in total. The maximum absolute atomic E-state index is 14.4. The van der Waals surface area contributed by atoms with Crippen molar-refractivity contribution in [2.24, 2.45) is 10.7 Å². The summed E-state index contributed by atoms with van der Waals surface area (Å²) in [5.41, 5.74) is 6.85. The number of halogens is 1. The number of carbonyl (C=O) groups is 1. The molecule has 1 aromatic heterocycles.